The molecule has 0 atom stereocenters. The molecule has 1 saturated heterocycles. The summed E-state index contributed by atoms with van der Waals surface area (Å²) in [6.07, 6.45) is 1.25. The van der Waals surface area contributed by atoms with Gasteiger partial charge in [0.2, 0.25) is 0 Å². The zero-order valence-corrected chi connectivity index (χ0v) is 13.8. The Labute approximate surface area is 144 Å². The predicted octanol–water partition coefficient (Wildman–Crippen LogP) is 1.96. The van der Waals surface area contributed by atoms with Crippen LogP contribution < -0.4 is 9.64 Å². The molecular formula is C17H18N4O4. The number of carbonyl (C=O) groups excluding carboxylic acids is 1. The van der Waals surface area contributed by atoms with Crippen molar-refractivity contribution in [3.05, 3.63) is 58.3 Å². The minimum atomic E-state index is -0.471. The highest BCUT2D eigenvalue weighted by molar-refractivity contribution is 5.94. The second-order valence-corrected chi connectivity index (χ2v) is 5.64. The van der Waals surface area contributed by atoms with Crippen molar-refractivity contribution < 1.29 is 14.5 Å². The lowest BCUT2D eigenvalue weighted by Crippen LogP contribution is -2.49. The molecule has 1 aliphatic rings. The Kier molecular flexibility index (Phi) is 4.78. The van der Waals surface area contributed by atoms with E-state index in [0.717, 1.165) is 0 Å². The van der Waals surface area contributed by atoms with Gasteiger partial charge in [0.25, 0.3) is 11.6 Å². The van der Waals surface area contributed by atoms with E-state index in [1.165, 1.54) is 12.3 Å². The minimum absolute atomic E-state index is 0.0319. The highest BCUT2D eigenvalue weighted by Crippen LogP contribution is 2.19. The lowest BCUT2D eigenvalue weighted by Gasteiger charge is -2.35. The van der Waals surface area contributed by atoms with Crippen LogP contribution in [-0.4, -0.2) is 54.0 Å². The van der Waals surface area contributed by atoms with E-state index in [4.69, 9.17) is 4.74 Å². The van der Waals surface area contributed by atoms with Crippen LogP contribution in [0.25, 0.3) is 0 Å². The van der Waals surface area contributed by atoms with Gasteiger partial charge in [-0.1, -0.05) is 6.07 Å². The van der Waals surface area contributed by atoms with Crippen molar-refractivity contribution in [2.24, 2.45) is 0 Å². The molecule has 0 unspecified atom stereocenters. The maximum Gasteiger partial charge on any atom is 0.287 e. The molecule has 1 aromatic carbocycles. The summed E-state index contributed by atoms with van der Waals surface area (Å²) in [5.74, 6) is 1.30. The van der Waals surface area contributed by atoms with Crippen molar-refractivity contribution >= 4 is 17.4 Å². The van der Waals surface area contributed by atoms with Crippen LogP contribution in [0.5, 0.6) is 5.75 Å². The number of piperazine rings is 1. The summed E-state index contributed by atoms with van der Waals surface area (Å²) in [5.41, 5.74) is 0.567. The Hall–Kier alpha value is -3.16. The van der Waals surface area contributed by atoms with Crippen LogP contribution in [0.2, 0.25) is 0 Å². The van der Waals surface area contributed by atoms with Gasteiger partial charge in [0.05, 0.1) is 12.0 Å². The van der Waals surface area contributed by atoms with Crippen molar-refractivity contribution in [3.8, 4) is 5.75 Å². The van der Waals surface area contributed by atoms with E-state index < -0.39 is 4.92 Å². The number of amides is 1. The fourth-order valence-corrected chi connectivity index (χ4v) is 2.75. The molecule has 1 aliphatic heterocycles. The van der Waals surface area contributed by atoms with Gasteiger partial charge in [-0.3, -0.25) is 14.9 Å². The largest absolute Gasteiger partial charge is 0.497 e. The van der Waals surface area contributed by atoms with Crippen LogP contribution in [0.1, 0.15) is 10.4 Å². The normalized spacial score (nSPS) is 14.3. The highest BCUT2D eigenvalue weighted by atomic mass is 16.6. The van der Waals surface area contributed by atoms with Crippen LogP contribution in [0.3, 0.4) is 0 Å². The second-order valence-electron chi connectivity index (χ2n) is 5.64. The number of methoxy groups -OCH3 is 1. The van der Waals surface area contributed by atoms with Crippen LogP contribution in [0.15, 0.2) is 42.6 Å². The Morgan fingerprint density at radius 3 is 2.56 bits per heavy atom. The lowest BCUT2D eigenvalue weighted by atomic mass is 10.1. The Morgan fingerprint density at radius 2 is 1.96 bits per heavy atom. The minimum Gasteiger partial charge on any atom is -0.497 e. The van der Waals surface area contributed by atoms with Gasteiger partial charge in [0, 0.05) is 37.8 Å². The first kappa shape index (κ1) is 16.7. The van der Waals surface area contributed by atoms with Gasteiger partial charge in [0.15, 0.2) is 0 Å². The first-order chi connectivity index (χ1) is 12.1. The maximum atomic E-state index is 12.6. The van der Waals surface area contributed by atoms with E-state index in [9.17, 15) is 14.9 Å². The molecule has 1 aromatic heterocycles. The molecule has 2 heterocycles. The predicted molar refractivity (Wildman–Crippen MR) is 92.0 cm³/mol. The summed E-state index contributed by atoms with van der Waals surface area (Å²) >= 11 is 0. The highest BCUT2D eigenvalue weighted by Gasteiger charge is 2.23. The van der Waals surface area contributed by atoms with Gasteiger partial charge in [-0.2, -0.15) is 0 Å². The smallest absolute Gasteiger partial charge is 0.287 e. The topological polar surface area (TPSA) is 88.8 Å². The molecule has 8 heteroatoms. The Bertz CT molecular complexity index is 770. The Morgan fingerprint density at radius 1 is 1.20 bits per heavy atom. The van der Waals surface area contributed by atoms with E-state index in [0.29, 0.717) is 43.3 Å². The number of hydrogen-bond donors (Lipinski definition) is 0. The van der Waals surface area contributed by atoms with Crippen LogP contribution in [-0.2, 0) is 0 Å². The number of benzene rings is 1. The molecule has 0 saturated carbocycles. The van der Waals surface area contributed by atoms with Crippen LogP contribution >= 0.6 is 0 Å². The number of hydrogen-bond acceptors (Lipinski definition) is 6. The number of ether oxygens (including phenoxy) is 1. The summed E-state index contributed by atoms with van der Waals surface area (Å²) in [6.45, 7) is 2.38. The fraction of sp³-hybridized carbons (Fsp3) is 0.294. The molecule has 2 aromatic rings. The molecule has 25 heavy (non-hydrogen) atoms. The number of nitro groups is 1. The summed E-state index contributed by atoms with van der Waals surface area (Å²) in [5, 5.41) is 10.7. The van der Waals surface area contributed by atoms with Gasteiger partial charge in [-0.15, -0.1) is 0 Å². The summed E-state index contributed by atoms with van der Waals surface area (Å²) in [6, 6.07) is 10.2. The van der Waals surface area contributed by atoms with Crippen molar-refractivity contribution in [1.29, 1.82) is 0 Å². The van der Waals surface area contributed by atoms with E-state index >= 15 is 0 Å². The zero-order chi connectivity index (χ0) is 17.8. The average Bonchev–Trinajstić information content (AvgIpc) is 2.67. The van der Waals surface area contributed by atoms with Gasteiger partial charge in [0.1, 0.15) is 17.8 Å². The molecule has 1 fully saturated rings. The van der Waals surface area contributed by atoms with Crippen molar-refractivity contribution in [3.63, 3.8) is 0 Å². The molecule has 8 nitrogen and oxygen atoms in total. The third kappa shape index (κ3) is 3.68. The molecule has 0 aliphatic carbocycles. The molecule has 3 rings (SSSR count). The average molecular weight is 342 g/mol. The molecule has 0 spiro atoms. The van der Waals surface area contributed by atoms with Crippen molar-refractivity contribution in [1.82, 2.24) is 9.88 Å². The van der Waals surface area contributed by atoms with Gasteiger partial charge in [-0.25, -0.2) is 4.98 Å². The van der Waals surface area contributed by atoms with E-state index in [2.05, 4.69) is 4.98 Å². The van der Waals surface area contributed by atoms with Crippen LogP contribution in [0.4, 0.5) is 11.5 Å². The van der Waals surface area contributed by atoms with Gasteiger partial charge in [-0.05, 0) is 24.3 Å². The number of pyridine rings is 1. The summed E-state index contributed by atoms with van der Waals surface area (Å²) in [4.78, 5) is 30.7. The van der Waals surface area contributed by atoms with Gasteiger partial charge >= 0.3 is 0 Å². The SMILES string of the molecule is COc1cccc(C(=O)N2CCN(c3ccc([N+](=O)[O-])cn3)CC2)c1. The molecule has 0 N–H and O–H groups in total. The monoisotopic (exact) mass is 342 g/mol. The number of rotatable bonds is 4. The lowest BCUT2D eigenvalue weighted by molar-refractivity contribution is -0.385. The van der Waals surface area contributed by atoms with Crippen molar-refractivity contribution in [2.75, 3.05) is 38.2 Å². The third-order valence-corrected chi connectivity index (χ3v) is 4.15. The number of nitrogens with zero attached hydrogens (tertiary/aromatic N) is 4. The number of anilines is 1. The third-order valence-electron chi connectivity index (χ3n) is 4.15. The maximum absolute atomic E-state index is 12.6. The molecule has 0 bridgehead atoms. The van der Waals surface area contributed by atoms with E-state index in [1.54, 1.807) is 42.3 Å². The molecule has 0 radical (unpaired) electrons. The summed E-state index contributed by atoms with van der Waals surface area (Å²) in [7, 11) is 1.57. The first-order valence-corrected chi connectivity index (χ1v) is 7.87. The number of carbonyl (C=O) groups is 1. The molecule has 1 amide bonds. The number of aromatic nitrogens is 1. The van der Waals surface area contributed by atoms with Crippen molar-refractivity contribution in [2.45, 2.75) is 0 Å². The standard InChI is InChI=1S/C17H18N4O4/c1-25-15-4-2-3-13(11-15)17(22)20-9-7-19(8-10-20)16-6-5-14(12-18-16)21(23)24/h2-6,11-12H,7-10H2,1H3. The molecular weight excluding hydrogens is 324 g/mol. The zero-order valence-electron chi connectivity index (χ0n) is 13.8. The quantitative estimate of drug-likeness (QED) is 0.623. The second kappa shape index (κ2) is 7.16. The first-order valence-electron chi connectivity index (χ1n) is 7.87. The van der Waals surface area contributed by atoms with E-state index in [1.807, 2.05) is 4.90 Å². The summed E-state index contributed by atoms with van der Waals surface area (Å²) < 4.78 is 5.16. The van der Waals surface area contributed by atoms with E-state index in [-0.39, 0.29) is 11.6 Å². The van der Waals surface area contributed by atoms with Crippen LogP contribution in [0, 0.1) is 10.1 Å². The fourth-order valence-electron chi connectivity index (χ4n) is 2.75. The Balaban J connectivity index is 1.63. The van der Waals surface area contributed by atoms with Gasteiger partial charge < -0.3 is 14.5 Å². The molecule has 130 valence electrons.